The lowest BCUT2D eigenvalue weighted by Gasteiger charge is -2.35. The van der Waals surface area contributed by atoms with E-state index in [2.05, 4.69) is 4.72 Å². The summed E-state index contributed by atoms with van der Waals surface area (Å²) in [5.41, 5.74) is -0.266. The van der Waals surface area contributed by atoms with Crippen LogP contribution >= 0.6 is 0 Å². The molecule has 1 atom stereocenters. The van der Waals surface area contributed by atoms with E-state index in [1.165, 1.54) is 24.3 Å². The van der Waals surface area contributed by atoms with Crippen molar-refractivity contribution in [3.05, 3.63) is 41.5 Å². The van der Waals surface area contributed by atoms with E-state index >= 15 is 0 Å². The SMILES string of the molecule is CS(=O)(=O)NCC1CCCCN1C(=O)C=Cc1ccc(C(F)(F)F)cc1. The predicted octanol–water partition coefficient (Wildman–Crippen LogP) is 2.65. The summed E-state index contributed by atoms with van der Waals surface area (Å²) in [6, 6.07) is 4.29. The molecule has 1 N–H and O–H groups in total. The molecule has 2 rings (SSSR count). The average molecular weight is 390 g/mol. The van der Waals surface area contributed by atoms with Crippen LogP contribution < -0.4 is 4.72 Å². The van der Waals surface area contributed by atoms with Gasteiger partial charge in [0, 0.05) is 25.2 Å². The number of rotatable bonds is 5. The Labute approximate surface area is 150 Å². The van der Waals surface area contributed by atoms with Gasteiger partial charge in [0.05, 0.1) is 11.8 Å². The summed E-state index contributed by atoms with van der Waals surface area (Å²) < 4.78 is 62.6. The number of carbonyl (C=O) groups excluding carboxylic acids is 1. The van der Waals surface area contributed by atoms with Crippen molar-refractivity contribution in [2.75, 3.05) is 19.3 Å². The number of hydrogen-bond donors (Lipinski definition) is 1. The Morgan fingerprint density at radius 2 is 1.92 bits per heavy atom. The number of piperidine rings is 1. The number of likely N-dealkylation sites (tertiary alicyclic amines) is 1. The Balaban J connectivity index is 2.03. The number of halogens is 3. The van der Waals surface area contributed by atoms with E-state index in [0.29, 0.717) is 18.5 Å². The average Bonchev–Trinajstić information content (AvgIpc) is 2.57. The lowest BCUT2D eigenvalue weighted by atomic mass is 10.0. The third kappa shape index (κ3) is 6.14. The summed E-state index contributed by atoms with van der Waals surface area (Å²) in [5.74, 6) is -0.287. The molecule has 9 heteroatoms. The summed E-state index contributed by atoms with van der Waals surface area (Å²) in [4.78, 5) is 14.0. The standard InChI is InChI=1S/C17H21F3N2O3S/c1-26(24,25)21-12-15-4-2-3-11-22(15)16(23)10-7-13-5-8-14(9-6-13)17(18,19)20/h5-10,15,21H,2-4,11-12H2,1H3. The lowest BCUT2D eigenvalue weighted by molar-refractivity contribution is -0.137. The lowest BCUT2D eigenvalue weighted by Crippen LogP contribution is -2.48. The summed E-state index contributed by atoms with van der Waals surface area (Å²) in [5, 5.41) is 0. The summed E-state index contributed by atoms with van der Waals surface area (Å²) in [6.45, 7) is 0.672. The van der Waals surface area contributed by atoms with Gasteiger partial charge in [0.15, 0.2) is 0 Å². The highest BCUT2D eigenvalue weighted by molar-refractivity contribution is 7.88. The van der Waals surface area contributed by atoms with Crippen LogP contribution in [0.25, 0.3) is 6.08 Å². The van der Waals surface area contributed by atoms with Crippen molar-refractivity contribution in [1.82, 2.24) is 9.62 Å². The van der Waals surface area contributed by atoms with Crippen LogP contribution in [0.15, 0.2) is 30.3 Å². The van der Waals surface area contributed by atoms with E-state index in [0.717, 1.165) is 31.2 Å². The van der Waals surface area contributed by atoms with Crippen molar-refractivity contribution < 1.29 is 26.4 Å². The van der Waals surface area contributed by atoms with Gasteiger partial charge in [0.1, 0.15) is 0 Å². The van der Waals surface area contributed by atoms with E-state index in [4.69, 9.17) is 0 Å². The normalized spacial score (nSPS) is 19.1. The number of nitrogens with one attached hydrogen (secondary N) is 1. The van der Waals surface area contributed by atoms with Crippen LogP contribution in [0.5, 0.6) is 0 Å². The van der Waals surface area contributed by atoms with Crippen molar-refractivity contribution in [3.63, 3.8) is 0 Å². The van der Waals surface area contributed by atoms with Crippen molar-refractivity contribution in [2.45, 2.75) is 31.5 Å². The molecule has 1 aliphatic heterocycles. The van der Waals surface area contributed by atoms with Crippen LogP contribution in [0.3, 0.4) is 0 Å². The van der Waals surface area contributed by atoms with Gasteiger partial charge in [-0.15, -0.1) is 0 Å². The van der Waals surface area contributed by atoms with Gasteiger partial charge >= 0.3 is 6.18 Å². The number of hydrogen-bond acceptors (Lipinski definition) is 3. The number of alkyl halides is 3. The van der Waals surface area contributed by atoms with Crippen LogP contribution in [0, 0.1) is 0 Å². The van der Waals surface area contributed by atoms with Gasteiger partial charge in [-0.3, -0.25) is 4.79 Å². The molecule has 0 radical (unpaired) electrons. The Morgan fingerprint density at radius 3 is 2.50 bits per heavy atom. The van der Waals surface area contributed by atoms with Crippen LogP contribution in [-0.4, -0.2) is 44.6 Å². The summed E-state index contributed by atoms with van der Waals surface area (Å²) in [7, 11) is -3.34. The maximum atomic E-state index is 12.5. The smallest absolute Gasteiger partial charge is 0.335 e. The fourth-order valence-corrected chi connectivity index (χ4v) is 3.29. The first-order valence-electron chi connectivity index (χ1n) is 8.17. The second-order valence-electron chi connectivity index (χ2n) is 6.25. The first-order chi connectivity index (χ1) is 12.1. The Bertz CT molecular complexity index is 758. The molecule has 5 nitrogen and oxygen atoms in total. The minimum atomic E-state index is -4.40. The molecule has 1 heterocycles. The number of sulfonamides is 1. The quantitative estimate of drug-likeness (QED) is 0.786. The fraction of sp³-hybridized carbons (Fsp3) is 0.471. The molecule has 1 aromatic rings. The van der Waals surface area contributed by atoms with Crippen molar-refractivity contribution in [3.8, 4) is 0 Å². The van der Waals surface area contributed by atoms with E-state index in [1.807, 2.05) is 0 Å². The molecule has 1 unspecified atom stereocenters. The Morgan fingerprint density at radius 1 is 1.27 bits per heavy atom. The Kier molecular flexibility index (Phi) is 6.46. The molecule has 1 amide bonds. The minimum absolute atomic E-state index is 0.151. The zero-order chi connectivity index (χ0) is 19.4. The largest absolute Gasteiger partial charge is 0.416 e. The van der Waals surface area contributed by atoms with Crippen molar-refractivity contribution in [1.29, 1.82) is 0 Å². The maximum absolute atomic E-state index is 12.5. The Hall–Kier alpha value is -1.87. The summed E-state index contributed by atoms with van der Waals surface area (Å²) >= 11 is 0. The molecule has 1 aromatic carbocycles. The van der Waals surface area contributed by atoms with Gasteiger partial charge in [0.2, 0.25) is 15.9 Å². The zero-order valence-electron chi connectivity index (χ0n) is 14.3. The van der Waals surface area contributed by atoms with Crippen LogP contribution in [0.2, 0.25) is 0 Å². The second-order valence-corrected chi connectivity index (χ2v) is 8.09. The van der Waals surface area contributed by atoms with Gasteiger partial charge in [-0.2, -0.15) is 13.2 Å². The predicted molar refractivity (Wildman–Crippen MR) is 92.7 cm³/mol. The van der Waals surface area contributed by atoms with Crippen molar-refractivity contribution >= 4 is 22.0 Å². The highest BCUT2D eigenvalue weighted by Gasteiger charge is 2.30. The number of benzene rings is 1. The molecule has 0 bridgehead atoms. The molecule has 26 heavy (non-hydrogen) atoms. The highest BCUT2D eigenvalue weighted by Crippen LogP contribution is 2.29. The summed E-state index contributed by atoms with van der Waals surface area (Å²) in [6.07, 6.45) is 1.86. The van der Waals surface area contributed by atoms with Gasteiger partial charge in [-0.05, 0) is 43.0 Å². The molecule has 1 aliphatic rings. The molecule has 0 spiro atoms. The zero-order valence-corrected chi connectivity index (χ0v) is 15.1. The number of nitrogens with zero attached hydrogens (tertiary/aromatic N) is 1. The second kappa shape index (κ2) is 8.22. The topological polar surface area (TPSA) is 66.5 Å². The van der Waals surface area contributed by atoms with E-state index < -0.39 is 21.8 Å². The highest BCUT2D eigenvalue weighted by atomic mass is 32.2. The van der Waals surface area contributed by atoms with E-state index in [-0.39, 0.29) is 18.5 Å². The van der Waals surface area contributed by atoms with Gasteiger partial charge in [-0.1, -0.05) is 12.1 Å². The van der Waals surface area contributed by atoms with Crippen LogP contribution in [0.4, 0.5) is 13.2 Å². The molecule has 1 fully saturated rings. The minimum Gasteiger partial charge on any atom is -0.335 e. The molecular formula is C17H21F3N2O3S. The number of amides is 1. The third-order valence-corrected chi connectivity index (χ3v) is 4.84. The first kappa shape index (κ1) is 20.4. The monoisotopic (exact) mass is 390 g/mol. The van der Waals surface area contributed by atoms with Crippen LogP contribution in [-0.2, 0) is 21.0 Å². The molecule has 0 aliphatic carbocycles. The van der Waals surface area contributed by atoms with E-state index in [9.17, 15) is 26.4 Å². The maximum Gasteiger partial charge on any atom is 0.416 e. The first-order valence-corrected chi connectivity index (χ1v) is 10.1. The molecule has 0 saturated carbocycles. The van der Waals surface area contributed by atoms with Gasteiger partial charge < -0.3 is 4.90 Å². The molecule has 144 valence electrons. The van der Waals surface area contributed by atoms with E-state index in [1.54, 1.807) is 4.90 Å². The van der Waals surface area contributed by atoms with Crippen molar-refractivity contribution in [2.24, 2.45) is 0 Å². The van der Waals surface area contributed by atoms with Gasteiger partial charge in [-0.25, -0.2) is 13.1 Å². The third-order valence-electron chi connectivity index (χ3n) is 4.15. The molecule has 0 aromatic heterocycles. The fourth-order valence-electron chi connectivity index (χ4n) is 2.80. The molecule has 1 saturated heterocycles. The number of carbonyl (C=O) groups is 1. The molecular weight excluding hydrogens is 369 g/mol. The van der Waals surface area contributed by atoms with Gasteiger partial charge in [0.25, 0.3) is 0 Å². The van der Waals surface area contributed by atoms with Crippen LogP contribution in [0.1, 0.15) is 30.4 Å².